The Bertz CT molecular complexity index is 575. The van der Waals surface area contributed by atoms with Crippen LogP contribution in [0.4, 0.5) is 0 Å². The molecule has 0 spiro atoms. The standard InChI is InChI=1S/C14H14ClNO2/c1-9-8-12(15)10(2)16(9)13(14(17)18)11-6-4-3-5-7-11/h3-8,13H,1-2H3,(H,17,18). The van der Waals surface area contributed by atoms with E-state index in [2.05, 4.69) is 0 Å². The van der Waals surface area contributed by atoms with Gasteiger partial charge in [-0.25, -0.2) is 4.79 Å². The zero-order valence-corrected chi connectivity index (χ0v) is 11.0. The highest BCUT2D eigenvalue weighted by Crippen LogP contribution is 2.28. The average Bonchev–Trinajstić information content (AvgIpc) is 2.57. The van der Waals surface area contributed by atoms with E-state index in [1.807, 2.05) is 44.2 Å². The molecule has 0 bridgehead atoms. The molecule has 1 aromatic carbocycles. The Balaban J connectivity index is 2.59. The van der Waals surface area contributed by atoms with E-state index in [-0.39, 0.29) is 0 Å². The average molecular weight is 264 g/mol. The van der Waals surface area contributed by atoms with Gasteiger partial charge in [-0.2, -0.15) is 0 Å². The molecule has 2 rings (SSSR count). The van der Waals surface area contributed by atoms with Crippen molar-refractivity contribution in [3.05, 3.63) is 58.4 Å². The first-order chi connectivity index (χ1) is 8.52. The molecule has 0 amide bonds. The van der Waals surface area contributed by atoms with Crippen LogP contribution in [0.15, 0.2) is 36.4 Å². The van der Waals surface area contributed by atoms with E-state index < -0.39 is 12.0 Å². The summed E-state index contributed by atoms with van der Waals surface area (Å²) in [6.45, 7) is 3.69. The minimum absolute atomic E-state index is 0.592. The number of rotatable bonds is 3. The molecule has 1 unspecified atom stereocenters. The van der Waals surface area contributed by atoms with Gasteiger partial charge in [-0.1, -0.05) is 41.9 Å². The van der Waals surface area contributed by atoms with E-state index in [4.69, 9.17) is 11.6 Å². The quantitative estimate of drug-likeness (QED) is 0.922. The van der Waals surface area contributed by atoms with Crippen LogP contribution in [0.2, 0.25) is 5.02 Å². The van der Waals surface area contributed by atoms with Gasteiger partial charge in [0.25, 0.3) is 0 Å². The number of aryl methyl sites for hydroxylation is 1. The van der Waals surface area contributed by atoms with E-state index in [1.165, 1.54) is 0 Å². The zero-order valence-electron chi connectivity index (χ0n) is 10.2. The maximum absolute atomic E-state index is 11.6. The third kappa shape index (κ3) is 2.14. The van der Waals surface area contributed by atoms with Gasteiger partial charge in [-0.05, 0) is 25.5 Å². The summed E-state index contributed by atoms with van der Waals surface area (Å²) < 4.78 is 1.75. The lowest BCUT2D eigenvalue weighted by atomic mass is 10.1. The van der Waals surface area contributed by atoms with Crippen molar-refractivity contribution in [2.24, 2.45) is 0 Å². The number of nitrogens with zero attached hydrogens (tertiary/aromatic N) is 1. The van der Waals surface area contributed by atoms with E-state index in [9.17, 15) is 9.90 Å². The van der Waals surface area contributed by atoms with Crippen LogP contribution in [0, 0.1) is 13.8 Å². The fourth-order valence-electron chi connectivity index (χ4n) is 2.17. The summed E-state index contributed by atoms with van der Waals surface area (Å²) in [7, 11) is 0. The topological polar surface area (TPSA) is 42.2 Å². The van der Waals surface area contributed by atoms with Gasteiger partial charge in [-0.3, -0.25) is 0 Å². The fraction of sp³-hybridized carbons (Fsp3) is 0.214. The molecule has 1 N–H and O–H groups in total. The maximum atomic E-state index is 11.6. The zero-order chi connectivity index (χ0) is 13.3. The molecule has 0 radical (unpaired) electrons. The summed E-state index contributed by atoms with van der Waals surface area (Å²) in [5.74, 6) is -0.889. The van der Waals surface area contributed by atoms with Crippen LogP contribution in [-0.2, 0) is 4.79 Å². The van der Waals surface area contributed by atoms with Gasteiger partial charge < -0.3 is 9.67 Å². The van der Waals surface area contributed by atoms with Crippen molar-refractivity contribution >= 4 is 17.6 Å². The number of halogens is 1. The summed E-state index contributed by atoms with van der Waals surface area (Å²) in [4.78, 5) is 11.6. The van der Waals surface area contributed by atoms with Crippen molar-refractivity contribution in [1.29, 1.82) is 0 Å². The van der Waals surface area contributed by atoms with Crippen molar-refractivity contribution in [3.63, 3.8) is 0 Å². The van der Waals surface area contributed by atoms with Gasteiger partial charge >= 0.3 is 5.97 Å². The molecule has 94 valence electrons. The summed E-state index contributed by atoms with van der Waals surface area (Å²) in [5.41, 5.74) is 2.35. The van der Waals surface area contributed by atoms with Crippen LogP contribution in [0.5, 0.6) is 0 Å². The first-order valence-corrected chi connectivity index (χ1v) is 6.02. The number of carbonyl (C=O) groups is 1. The Labute approximate surface area is 111 Å². The lowest BCUT2D eigenvalue weighted by molar-refractivity contribution is -0.139. The van der Waals surface area contributed by atoms with E-state index in [0.29, 0.717) is 5.02 Å². The highest BCUT2D eigenvalue weighted by molar-refractivity contribution is 6.31. The van der Waals surface area contributed by atoms with Crippen LogP contribution in [-0.4, -0.2) is 15.6 Å². The molecule has 18 heavy (non-hydrogen) atoms. The molecular weight excluding hydrogens is 250 g/mol. The Kier molecular flexibility index (Phi) is 3.43. The number of carboxylic acid groups (broad SMARTS) is 1. The highest BCUT2D eigenvalue weighted by atomic mass is 35.5. The van der Waals surface area contributed by atoms with Gasteiger partial charge in [0.05, 0.1) is 5.02 Å². The monoisotopic (exact) mass is 263 g/mol. The second-order valence-electron chi connectivity index (χ2n) is 4.24. The molecule has 4 heteroatoms. The fourth-order valence-corrected chi connectivity index (χ4v) is 2.42. The molecule has 0 fully saturated rings. The Morgan fingerprint density at radius 3 is 2.33 bits per heavy atom. The number of aromatic nitrogens is 1. The molecule has 1 atom stereocenters. The van der Waals surface area contributed by atoms with Gasteiger partial charge in [-0.15, -0.1) is 0 Å². The van der Waals surface area contributed by atoms with Crippen molar-refractivity contribution in [1.82, 2.24) is 4.57 Å². The second kappa shape index (κ2) is 4.86. The normalized spacial score (nSPS) is 12.4. The minimum Gasteiger partial charge on any atom is -0.479 e. The molecule has 0 aliphatic carbocycles. The van der Waals surface area contributed by atoms with Gasteiger partial charge in [0.2, 0.25) is 0 Å². The molecule has 0 aliphatic rings. The first kappa shape index (κ1) is 12.7. The molecule has 1 heterocycles. The highest BCUT2D eigenvalue weighted by Gasteiger charge is 2.25. The van der Waals surface area contributed by atoms with Crippen LogP contribution in [0.25, 0.3) is 0 Å². The molecular formula is C14H14ClNO2. The van der Waals surface area contributed by atoms with Gasteiger partial charge in [0.1, 0.15) is 0 Å². The van der Waals surface area contributed by atoms with Crippen molar-refractivity contribution in [2.45, 2.75) is 19.9 Å². The van der Waals surface area contributed by atoms with Crippen molar-refractivity contribution in [3.8, 4) is 0 Å². The molecule has 2 aromatic rings. The number of aliphatic carboxylic acids is 1. The first-order valence-electron chi connectivity index (χ1n) is 5.64. The molecule has 1 aromatic heterocycles. The minimum atomic E-state index is -0.889. The number of carboxylic acids is 1. The Morgan fingerprint density at radius 2 is 1.89 bits per heavy atom. The molecule has 0 aliphatic heterocycles. The van der Waals surface area contributed by atoms with Gasteiger partial charge in [0.15, 0.2) is 6.04 Å². The Morgan fingerprint density at radius 1 is 1.28 bits per heavy atom. The van der Waals surface area contributed by atoms with Crippen LogP contribution >= 0.6 is 11.6 Å². The number of hydrogen-bond acceptors (Lipinski definition) is 1. The van der Waals surface area contributed by atoms with E-state index >= 15 is 0 Å². The summed E-state index contributed by atoms with van der Waals surface area (Å²) in [6, 6.07) is 10.2. The SMILES string of the molecule is Cc1cc(Cl)c(C)n1C(C(=O)O)c1ccccc1. The second-order valence-corrected chi connectivity index (χ2v) is 4.65. The smallest absolute Gasteiger partial charge is 0.331 e. The van der Waals surface area contributed by atoms with Crippen LogP contribution in [0.1, 0.15) is 23.0 Å². The summed E-state index contributed by atoms with van der Waals surface area (Å²) >= 11 is 6.06. The van der Waals surface area contributed by atoms with Crippen molar-refractivity contribution < 1.29 is 9.90 Å². The number of benzene rings is 1. The molecule has 3 nitrogen and oxygen atoms in total. The number of hydrogen-bond donors (Lipinski definition) is 1. The lowest BCUT2D eigenvalue weighted by Crippen LogP contribution is -2.22. The largest absolute Gasteiger partial charge is 0.479 e. The third-order valence-corrected chi connectivity index (χ3v) is 3.41. The van der Waals surface area contributed by atoms with Crippen LogP contribution < -0.4 is 0 Å². The summed E-state index contributed by atoms with van der Waals surface area (Å²) in [6.07, 6.45) is 0. The third-order valence-electron chi connectivity index (χ3n) is 3.03. The van der Waals surface area contributed by atoms with Crippen molar-refractivity contribution in [2.75, 3.05) is 0 Å². The van der Waals surface area contributed by atoms with Gasteiger partial charge in [0, 0.05) is 11.4 Å². The Hall–Kier alpha value is -1.74. The molecule has 0 saturated heterocycles. The predicted molar refractivity (Wildman–Crippen MR) is 71.1 cm³/mol. The van der Waals surface area contributed by atoms with E-state index in [0.717, 1.165) is 17.0 Å². The maximum Gasteiger partial charge on any atom is 0.331 e. The predicted octanol–water partition coefficient (Wildman–Crippen LogP) is 3.43. The lowest BCUT2D eigenvalue weighted by Gasteiger charge is -2.19. The van der Waals surface area contributed by atoms with E-state index in [1.54, 1.807) is 10.6 Å². The molecule has 0 saturated carbocycles. The van der Waals surface area contributed by atoms with Crippen LogP contribution in [0.3, 0.4) is 0 Å². The summed E-state index contributed by atoms with van der Waals surface area (Å²) in [5, 5.41) is 10.1.